The van der Waals surface area contributed by atoms with Crippen molar-refractivity contribution >= 4 is 23.2 Å². The van der Waals surface area contributed by atoms with E-state index in [9.17, 15) is 4.79 Å². The van der Waals surface area contributed by atoms with Crippen molar-refractivity contribution in [2.45, 2.75) is 0 Å². The Morgan fingerprint density at radius 2 is 2.19 bits per heavy atom. The minimum absolute atomic E-state index is 0.0269. The lowest BCUT2D eigenvalue weighted by Crippen LogP contribution is -1.87. The zero-order valence-corrected chi connectivity index (χ0v) is 9.31. The van der Waals surface area contributed by atoms with Crippen LogP contribution in [0.2, 0.25) is 0 Å². The summed E-state index contributed by atoms with van der Waals surface area (Å²) in [5, 5.41) is 1.89. The summed E-state index contributed by atoms with van der Waals surface area (Å²) in [5.41, 5.74) is 0. The first kappa shape index (κ1) is 10.6. The topological polar surface area (TPSA) is 30.2 Å². The molecule has 0 aliphatic rings. The molecule has 0 radical (unpaired) electrons. The summed E-state index contributed by atoms with van der Waals surface area (Å²) in [6.07, 6.45) is 8.46. The molecule has 0 saturated carbocycles. The maximum absolute atomic E-state index is 11.5. The summed E-state index contributed by atoms with van der Waals surface area (Å²) in [5.74, 6) is 0.798. The van der Waals surface area contributed by atoms with Crippen molar-refractivity contribution in [3.05, 3.63) is 64.8 Å². The van der Waals surface area contributed by atoms with Gasteiger partial charge in [0.2, 0.25) is 0 Å². The number of ketones is 1. The fraction of sp³-hybridized carbons (Fsp3) is 0. The third kappa shape index (κ3) is 2.81. The van der Waals surface area contributed by atoms with Gasteiger partial charge in [-0.2, -0.15) is 0 Å². The van der Waals surface area contributed by atoms with Crippen LogP contribution >= 0.6 is 11.3 Å². The highest BCUT2D eigenvalue weighted by Gasteiger charge is 1.99. The van der Waals surface area contributed by atoms with Gasteiger partial charge in [0.05, 0.1) is 11.1 Å². The van der Waals surface area contributed by atoms with Crippen molar-refractivity contribution in [3.8, 4) is 0 Å². The SMILES string of the molecule is O=C(/C=C/C=C/c1ccco1)c1cccs1. The molecule has 2 rings (SSSR count). The Hall–Kier alpha value is -1.87. The number of thiophene rings is 1. The fourth-order valence-corrected chi connectivity index (χ4v) is 1.83. The van der Waals surface area contributed by atoms with Gasteiger partial charge in [-0.25, -0.2) is 0 Å². The number of carbonyl (C=O) groups is 1. The molecule has 3 heteroatoms. The van der Waals surface area contributed by atoms with E-state index in [4.69, 9.17) is 4.42 Å². The molecule has 0 atom stereocenters. The molecule has 16 heavy (non-hydrogen) atoms. The smallest absolute Gasteiger partial charge is 0.195 e. The van der Waals surface area contributed by atoms with E-state index >= 15 is 0 Å². The molecule has 0 N–H and O–H groups in total. The summed E-state index contributed by atoms with van der Waals surface area (Å²) in [4.78, 5) is 12.3. The lowest BCUT2D eigenvalue weighted by atomic mass is 10.3. The van der Waals surface area contributed by atoms with Gasteiger partial charge in [-0.15, -0.1) is 11.3 Å². The van der Waals surface area contributed by atoms with E-state index in [2.05, 4.69) is 0 Å². The largest absolute Gasteiger partial charge is 0.465 e. The van der Waals surface area contributed by atoms with Crippen LogP contribution in [0.5, 0.6) is 0 Å². The van der Waals surface area contributed by atoms with Crippen molar-refractivity contribution < 1.29 is 9.21 Å². The molecule has 0 unspecified atom stereocenters. The van der Waals surface area contributed by atoms with Crippen LogP contribution in [-0.4, -0.2) is 5.78 Å². The average Bonchev–Trinajstić information content (AvgIpc) is 2.96. The van der Waals surface area contributed by atoms with Crippen molar-refractivity contribution in [2.75, 3.05) is 0 Å². The molecule has 2 aromatic rings. The van der Waals surface area contributed by atoms with E-state index in [-0.39, 0.29) is 5.78 Å². The Morgan fingerprint density at radius 3 is 2.88 bits per heavy atom. The minimum Gasteiger partial charge on any atom is -0.465 e. The average molecular weight is 230 g/mol. The molecule has 2 aromatic heterocycles. The molecular weight excluding hydrogens is 220 g/mol. The number of rotatable bonds is 4. The number of allylic oxidation sites excluding steroid dienone is 3. The van der Waals surface area contributed by atoms with Gasteiger partial charge in [-0.1, -0.05) is 18.2 Å². The van der Waals surface area contributed by atoms with Gasteiger partial charge in [-0.3, -0.25) is 4.79 Å². The van der Waals surface area contributed by atoms with E-state index < -0.39 is 0 Å². The zero-order valence-electron chi connectivity index (χ0n) is 8.50. The molecule has 0 amide bonds. The molecule has 80 valence electrons. The molecule has 0 bridgehead atoms. The lowest BCUT2D eigenvalue weighted by Gasteiger charge is -1.85. The van der Waals surface area contributed by atoms with Crippen LogP contribution < -0.4 is 0 Å². The van der Waals surface area contributed by atoms with Crippen molar-refractivity contribution in [1.29, 1.82) is 0 Å². The molecule has 0 saturated heterocycles. The van der Waals surface area contributed by atoms with E-state index in [0.29, 0.717) is 0 Å². The highest BCUT2D eigenvalue weighted by atomic mass is 32.1. The number of hydrogen-bond donors (Lipinski definition) is 0. The van der Waals surface area contributed by atoms with Crippen LogP contribution in [0.25, 0.3) is 6.08 Å². The van der Waals surface area contributed by atoms with E-state index in [1.165, 1.54) is 11.3 Å². The summed E-state index contributed by atoms with van der Waals surface area (Å²) in [6.45, 7) is 0. The number of carbonyl (C=O) groups excluding carboxylic acids is 1. The standard InChI is InChI=1S/C13H10O2S/c14-12(13-8-4-10-16-13)7-2-1-5-11-6-3-9-15-11/h1-10H/b5-1+,7-2+. The van der Waals surface area contributed by atoms with Gasteiger partial charge >= 0.3 is 0 Å². The Labute approximate surface area is 97.5 Å². The van der Waals surface area contributed by atoms with Crippen molar-refractivity contribution in [2.24, 2.45) is 0 Å². The van der Waals surface area contributed by atoms with E-state index in [0.717, 1.165) is 10.6 Å². The Kier molecular flexibility index (Phi) is 3.51. The maximum atomic E-state index is 11.5. The van der Waals surface area contributed by atoms with Gasteiger partial charge in [0.1, 0.15) is 5.76 Å². The minimum atomic E-state index is 0.0269. The molecule has 0 aliphatic carbocycles. The first-order valence-corrected chi connectivity index (χ1v) is 5.70. The van der Waals surface area contributed by atoms with Gasteiger partial charge in [0.15, 0.2) is 5.78 Å². The second-order valence-corrected chi connectivity index (χ2v) is 4.02. The first-order chi connectivity index (χ1) is 7.86. The maximum Gasteiger partial charge on any atom is 0.195 e. The summed E-state index contributed by atoms with van der Waals surface area (Å²) < 4.78 is 5.11. The zero-order chi connectivity index (χ0) is 11.2. The number of hydrogen-bond acceptors (Lipinski definition) is 3. The van der Waals surface area contributed by atoms with Crippen molar-refractivity contribution in [1.82, 2.24) is 0 Å². The van der Waals surface area contributed by atoms with Crippen LogP contribution in [0.15, 0.2) is 58.6 Å². The van der Waals surface area contributed by atoms with Gasteiger partial charge in [0, 0.05) is 0 Å². The van der Waals surface area contributed by atoms with Crippen molar-refractivity contribution in [3.63, 3.8) is 0 Å². The second kappa shape index (κ2) is 5.28. The van der Waals surface area contributed by atoms with Crippen LogP contribution in [0.3, 0.4) is 0 Å². The second-order valence-electron chi connectivity index (χ2n) is 3.08. The summed E-state index contributed by atoms with van der Waals surface area (Å²) in [6, 6.07) is 7.35. The molecule has 0 aromatic carbocycles. The quantitative estimate of drug-likeness (QED) is 0.454. The first-order valence-electron chi connectivity index (χ1n) is 4.82. The highest BCUT2D eigenvalue weighted by Crippen LogP contribution is 2.09. The Morgan fingerprint density at radius 1 is 1.25 bits per heavy atom. The van der Waals surface area contributed by atoms with Gasteiger partial charge < -0.3 is 4.42 Å². The Balaban J connectivity index is 1.93. The highest BCUT2D eigenvalue weighted by molar-refractivity contribution is 7.12. The molecule has 0 spiro atoms. The van der Waals surface area contributed by atoms with E-state index in [1.807, 2.05) is 29.6 Å². The molecule has 2 heterocycles. The molecular formula is C13H10O2S. The molecule has 0 aliphatic heterocycles. The normalized spacial score (nSPS) is 11.5. The van der Waals surface area contributed by atoms with Gasteiger partial charge in [0.25, 0.3) is 0 Å². The monoisotopic (exact) mass is 230 g/mol. The molecule has 0 fully saturated rings. The summed E-state index contributed by atoms with van der Waals surface area (Å²) in [7, 11) is 0. The van der Waals surface area contributed by atoms with Crippen LogP contribution in [0, 0.1) is 0 Å². The predicted molar refractivity (Wildman–Crippen MR) is 65.5 cm³/mol. The van der Waals surface area contributed by atoms with Gasteiger partial charge in [-0.05, 0) is 35.7 Å². The lowest BCUT2D eigenvalue weighted by molar-refractivity contribution is 0.105. The third-order valence-electron chi connectivity index (χ3n) is 1.93. The van der Waals surface area contributed by atoms with Crippen LogP contribution in [0.4, 0.5) is 0 Å². The fourth-order valence-electron chi connectivity index (χ4n) is 1.18. The van der Waals surface area contributed by atoms with Crippen LogP contribution in [0.1, 0.15) is 15.4 Å². The van der Waals surface area contributed by atoms with E-state index in [1.54, 1.807) is 30.6 Å². The Bertz CT molecular complexity index is 490. The molecule has 2 nitrogen and oxygen atoms in total. The number of furan rings is 1. The summed E-state index contributed by atoms with van der Waals surface area (Å²) >= 11 is 1.44. The third-order valence-corrected chi connectivity index (χ3v) is 2.81. The van der Waals surface area contributed by atoms with Crippen LogP contribution in [-0.2, 0) is 0 Å². The predicted octanol–water partition coefficient (Wildman–Crippen LogP) is 3.79.